The largest absolute Gasteiger partial charge is 0.325 e. The van der Waals surface area contributed by atoms with Gasteiger partial charge in [-0.05, 0) is 43.2 Å². The topological polar surface area (TPSA) is 30.7 Å². The summed E-state index contributed by atoms with van der Waals surface area (Å²) in [7, 11) is 0. The minimum absolute atomic E-state index is 0.400. The third-order valence-corrected chi connectivity index (χ3v) is 4.08. The van der Waals surface area contributed by atoms with Crippen LogP contribution in [0.2, 0.25) is 0 Å². The molecule has 0 aliphatic heterocycles. The molecule has 0 saturated carbocycles. The average Bonchev–Trinajstić information content (AvgIpc) is 2.72. The van der Waals surface area contributed by atoms with Gasteiger partial charge >= 0.3 is 0 Å². The molecule has 3 nitrogen and oxygen atoms in total. The minimum Gasteiger partial charge on any atom is -0.325 e. The Kier molecular flexibility index (Phi) is 4.40. The molecule has 0 fully saturated rings. The van der Waals surface area contributed by atoms with Gasteiger partial charge in [0.05, 0.1) is 5.69 Å². The van der Waals surface area contributed by atoms with Crippen LogP contribution in [0.1, 0.15) is 96.1 Å². The molecule has 0 atom stereocenters. The van der Waals surface area contributed by atoms with Crippen LogP contribution < -0.4 is 0 Å². The normalized spacial score (nSPS) is 12.6. The Labute approximate surface area is 128 Å². The first-order chi connectivity index (χ1) is 9.75. The number of nitrogens with zero attached hydrogens (tertiary/aromatic N) is 3. The fraction of sp³-hybridized carbons (Fsp3) is 0.667. The van der Waals surface area contributed by atoms with Gasteiger partial charge in [-0.1, -0.05) is 41.5 Å². The molecule has 2 aromatic heterocycles. The quantitative estimate of drug-likeness (QED) is 0.755. The summed E-state index contributed by atoms with van der Waals surface area (Å²) in [5.41, 5.74) is 5.00. The third kappa shape index (κ3) is 2.70. The van der Waals surface area contributed by atoms with Crippen molar-refractivity contribution in [1.29, 1.82) is 0 Å². The maximum absolute atomic E-state index is 4.58. The van der Waals surface area contributed by atoms with E-state index in [0.29, 0.717) is 23.8 Å². The number of aromatic nitrogens is 3. The third-order valence-electron chi connectivity index (χ3n) is 4.08. The molecule has 0 unspecified atom stereocenters. The van der Waals surface area contributed by atoms with Crippen LogP contribution in [-0.4, -0.2) is 14.8 Å². The van der Waals surface area contributed by atoms with Crippen molar-refractivity contribution < 1.29 is 0 Å². The van der Waals surface area contributed by atoms with Gasteiger partial charge in [-0.15, -0.1) is 5.10 Å². The van der Waals surface area contributed by atoms with Gasteiger partial charge in [-0.3, -0.25) is 0 Å². The molecule has 116 valence electrons. The van der Waals surface area contributed by atoms with Crippen LogP contribution in [0.3, 0.4) is 0 Å². The summed E-state index contributed by atoms with van der Waals surface area (Å²) in [4.78, 5) is 0. The van der Waals surface area contributed by atoms with E-state index < -0.39 is 0 Å². The van der Waals surface area contributed by atoms with Gasteiger partial charge in [0.2, 0.25) is 0 Å². The summed E-state index contributed by atoms with van der Waals surface area (Å²) in [6.07, 6.45) is 0. The molecule has 0 aliphatic carbocycles. The highest BCUT2D eigenvalue weighted by molar-refractivity contribution is 5.83. The van der Waals surface area contributed by atoms with Gasteiger partial charge in [-0.25, -0.2) is 0 Å². The first kappa shape index (κ1) is 16.0. The molecule has 0 bridgehead atoms. The standard InChI is InChI=1S/C18H29N3/c1-10(2)15-9-14-16(11(3)4)17(12(5)6)21(13(7)8)18(14)20-19-15/h9-13H,1-8H3. The average molecular weight is 287 g/mol. The van der Waals surface area contributed by atoms with Crippen molar-refractivity contribution in [2.24, 2.45) is 0 Å². The smallest absolute Gasteiger partial charge is 0.163 e. The van der Waals surface area contributed by atoms with Crippen molar-refractivity contribution in [3.05, 3.63) is 23.0 Å². The summed E-state index contributed by atoms with van der Waals surface area (Å²) >= 11 is 0. The summed E-state index contributed by atoms with van der Waals surface area (Å²) < 4.78 is 2.38. The lowest BCUT2D eigenvalue weighted by atomic mass is 9.94. The molecule has 0 aliphatic rings. The van der Waals surface area contributed by atoms with Gasteiger partial charge in [0.25, 0.3) is 0 Å². The molecular formula is C18H29N3. The van der Waals surface area contributed by atoms with E-state index in [0.717, 1.165) is 11.3 Å². The monoisotopic (exact) mass is 287 g/mol. The van der Waals surface area contributed by atoms with Crippen LogP contribution in [0.4, 0.5) is 0 Å². The molecule has 2 rings (SSSR count). The molecule has 0 aromatic carbocycles. The van der Waals surface area contributed by atoms with E-state index in [1.54, 1.807) is 0 Å². The Hall–Kier alpha value is -1.38. The van der Waals surface area contributed by atoms with Crippen molar-refractivity contribution in [2.45, 2.75) is 79.2 Å². The Bertz CT molecular complexity index is 633. The Morgan fingerprint density at radius 2 is 1.43 bits per heavy atom. The van der Waals surface area contributed by atoms with E-state index in [2.05, 4.69) is 76.2 Å². The van der Waals surface area contributed by atoms with Crippen molar-refractivity contribution >= 4 is 11.0 Å². The van der Waals surface area contributed by atoms with Crippen molar-refractivity contribution in [3.63, 3.8) is 0 Å². The minimum atomic E-state index is 0.400. The SMILES string of the molecule is CC(C)c1cc2c(C(C)C)c(C(C)C)n(C(C)C)c2nn1. The second-order valence-electron chi connectivity index (χ2n) is 7.23. The molecule has 2 heterocycles. The first-order valence-electron chi connectivity index (χ1n) is 8.16. The van der Waals surface area contributed by atoms with Crippen molar-refractivity contribution in [1.82, 2.24) is 14.8 Å². The van der Waals surface area contributed by atoms with Crippen LogP contribution in [0, 0.1) is 0 Å². The van der Waals surface area contributed by atoms with Gasteiger partial charge in [0.15, 0.2) is 5.65 Å². The Balaban J connectivity index is 2.90. The lowest BCUT2D eigenvalue weighted by Gasteiger charge is -2.18. The van der Waals surface area contributed by atoms with Crippen LogP contribution in [-0.2, 0) is 0 Å². The fourth-order valence-electron chi connectivity index (χ4n) is 3.16. The van der Waals surface area contributed by atoms with Gasteiger partial charge in [0, 0.05) is 17.1 Å². The van der Waals surface area contributed by atoms with E-state index in [-0.39, 0.29) is 0 Å². The van der Waals surface area contributed by atoms with Crippen molar-refractivity contribution in [2.75, 3.05) is 0 Å². The summed E-state index contributed by atoms with van der Waals surface area (Å²) in [6.45, 7) is 17.9. The van der Waals surface area contributed by atoms with E-state index in [1.807, 2.05) is 0 Å². The van der Waals surface area contributed by atoms with Crippen LogP contribution in [0.5, 0.6) is 0 Å². The second-order valence-corrected chi connectivity index (χ2v) is 7.23. The highest BCUT2D eigenvalue weighted by Gasteiger charge is 2.24. The number of rotatable bonds is 4. The van der Waals surface area contributed by atoms with E-state index in [4.69, 9.17) is 0 Å². The van der Waals surface area contributed by atoms with E-state index in [1.165, 1.54) is 16.6 Å². The Morgan fingerprint density at radius 3 is 1.86 bits per heavy atom. The molecule has 2 aromatic rings. The number of hydrogen-bond donors (Lipinski definition) is 0. The predicted molar refractivity (Wildman–Crippen MR) is 90.2 cm³/mol. The van der Waals surface area contributed by atoms with Crippen LogP contribution in [0.25, 0.3) is 11.0 Å². The van der Waals surface area contributed by atoms with Gasteiger partial charge in [-0.2, -0.15) is 5.10 Å². The molecule has 3 heteroatoms. The zero-order valence-electron chi connectivity index (χ0n) is 14.7. The highest BCUT2D eigenvalue weighted by Crippen LogP contribution is 2.37. The molecule has 0 N–H and O–H groups in total. The zero-order valence-corrected chi connectivity index (χ0v) is 14.7. The fourth-order valence-corrected chi connectivity index (χ4v) is 3.16. The zero-order chi connectivity index (χ0) is 15.9. The molecule has 0 saturated heterocycles. The maximum atomic E-state index is 4.58. The van der Waals surface area contributed by atoms with Crippen LogP contribution in [0.15, 0.2) is 6.07 Å². The maximum Gasteiger partial charge on any atom is 0.163 e. The molecule has 0 radical (unpaired) electrons. The lowest BCUT2D eigenvalue weighted by Crippen LogP contribution is -2.09. The van der Waals surface area contributed by atoms with Gasteiger partial charge in [0.1, 0.15) is 0 Å². The lowest BCUT2D eigenvalue weighted by molar-refractivity contribution is 0.563. The molecule has 21 heavy (non-hydrogen) atoms. The van der Waals surface area contributed by atoms with Crippen molar-refractivity contribution in [3.8, 4) is 0 Å². The summed E-state index contributed by atoms with van der Waals surface area (Å²) in [5, 5.41) is 10.3. The van der Waals surface area contributed by atoms with E-state index >= 15 is 0 Å². The number of hydrogen-bond acceptors (Lipinski definition) is 2. The number of fused-ring (bicyclic) bond motifs is 1. The summed E-state index contributed by atoms with van der Waals surface area (Å²) in [6, 6.07) is 2.66. The molecule has 0 amide bonds. The highest BCUT2D eigenvalue weighted by atomic mass is 15.2. The molecular weight excluding hydrogens is 258 g/mol. The van der Waals surface area contributed by atoms with Crippen LogP contribution >= 0.6 is 0 Å². The predicted octanol–water partition coefficient (Wildman–Crippen LogP) is 5.38. The van der Waals surface area contributed by atoms with E-state index in [9.17, 15) is 0 Å². The molecule has 0 spiro atoms. The second kappa shape index (κ2) is 5.78. The summed E-state index contributed by atoms with van der Waals surface area (Å²) in [5.74, 6) is 1.39. The Morgan fingerprint density at radius 1 is 0.810 bits per heavy atom. The van der Waals surface area contributed by atoms with Gasteiger partial charge < -0.3 is 4.57 Å². The first-order valence-corrected chi connectivity index (χ1v) is 8.16.